The minimum absolute atomic E-state index is 0.0703. The van der Waals surface area contributed by atoms with Gasteiger partial charge in [0.25, 0.3) is 0 Å². The lowest BCUT2D eigenvalue weighted by Gasteiger charge is -2.41. The first-order valence-corrected chi connectivity index (χ1v) is 6.29. The number of amides is 2. The molecule has 5 heteroatoms. The lowest BCUT2D eigenvalue weighted by atomic mass is 9.98. The zero-order chi connectivity index (χ0) is 12.9. The molecular formula is C12H23N3O2. The quantitative estimate of drug-likeness (QED) is 0.677. The summed E-state index contributed by atoms with van der Waals surface area (Å²) < 4.78 is 0. The number of nitrogens with zero attached hydrogens (tertiary/aromatic N) is 1. The molecule has 0 aliphatic carbocycles. The van der Waals surface area contributed by atoms with Crippen molar-refractivity contribution in [2.75, 3.05) is 19.6 Å². The van der Waals surface area contributed by atoms with Crippen molar-refractivity contribution in [2.24, 2.45) is 5.73 Å². The van der Waals surface area contributed by atoms with Gasteiger partial charge in [0.2, 0.25) is 11.8 Å². The summed E-state index contributed by atoms with van der Waals surface area (Å²) in [5, 5.41) is 2.78. The number of carbonyl (C=O) groups is 2. The second kappa shape index (κ2) is 6.00. The van der Waals surface area contributed by atoms with Crippen LogP contribution in [0.15, 0.2) is 0 Å². The molecule has 5 nitrogen and oxygen atoms in total. The molecule has 0 bridgehead atoms. The number of unbranched alkanes of at least 4 members (excludes halogenated alkanes) is 2. The van der Waals surface area contributed by atoms with Gasteiger partial charge in [0.05, 0.1) is 0 Å². The van der Waals surface area contributed by atoms with E-state index >= 15 is 0 Å². The Kier molecular flexibility index (Phi) is 4.93. The molecule has 0 unspecified atom stereocenters. The molecule has 1 rings (SSSR count). The van der Waals surface area contributed by atoms with Crippen LogP contribution in [-0.4, -0.2) is 41.9 Å². The largest absolute Gasteiger partial charge is 0.352 e. The van der Waals surface area contributed by atoms with Crippen LogP contribution >= 0.6 is 0 Å². The van der Waals surface area contributed by atoms with Gasteiger partial charge in [0.1, 0.15) is 5.54 Å². The van der Waals surface area contributed by atoms with Crippen LogP contribution in [0.4, 0.5) is 0 Å². The van der Waals surface area contributed by atoms with E-state index in [-0.39, 0.29) is 11.8 Å². The number of nitrogens with two attached hydrogens (primary N) is 1. The summed E-state index contributed by atoms with van der Waals surface area (Å²) in [5.74, 6) is 0.000861. The van der Waals surface area contributed by atoms with Crippen molar-refractivity contribution in [2.45, 2.75) is 45.1 Å². The highest BCUT2D eigenvalue weighted by Crippen LogP contribution is 2.19. The number of carbonyl (C=O) groups excluding carboxylic acids is 2. The summed E-state index contributed by atoms with van der Waals surface area (Å²) >= 11 is 0. The molecule has 1 aliphatic heterocycles. The lowest BCUT2D eigenvalue weighted by molar-refractivity contribution is -0.149. The smallest absolute Gasteiger partial charge is 0.245 e. The average molecular weight is 241 g/mol. The van der Waals surface area contributed by atoms with Crippen LogP contribution in [0, 0.1) is 0 Å². The zero-order valence-electron chi connectivity index (χ0n) is 10.8. The maximum absolute atomic E-state index is 12.0. The first-order chi connectivity index (χ1) is 8.00. The van der Waals surface area contributed by atoms with Gasteiger partial charge in [-0.25, -0.2) is 0 Å². The van der Waals surface area contributed by atoms with E-state index in [0.29, 0.717) is 26.1 Å². The van der Waals surface area contributed by atoms with Crippen molar-refractivity contribution in [3.05, 3.63) is 0 Å². The van der Waals surface area contributed by atoms with Crippen molar-refractivity contribution < 1.29 is 9.59 Å². The third kappa shape index (κ3) is 3.43. The van der Waals surface area contributed by atoms with Gasteiger partial charge in [-0.05, 0) is 33.2 Å². The molecular weight excluding hydrogens is 218 g/mol. The predicted molar refractivity (Wildman–Crippen MR) is 66.3 cm³/mol. The van der Waals surface area contributed by atoms with E-state index in [0.717, 1.165) is 19.3 Å². The Bertz CT molecular complexity index is 289. The molecule has 0 atom stereocenters. The van der Waals surface area contributed by atoms with Crippen molar-refractivity contribution in [3.63, 3.8) is 0 Å². The van der Waals surface area contributed by atoms with E-state index in [1.54, 1.807) is 18.7 Å². The van der Waals surface area contributed by atoms with Crippen LogP contribution in [0.3, 0.4) is 0 Å². The molecule has 0 spiro atoms. The summed E-state index contributed by atoms with van der Waals surface area (Å²) in [7, 11) is 0. The standard InChI is InChI=1S/C12H23N3O2/c1-12(2)11(17)14-8-9-15(12)10(16)6-4-3-5-7-13/h3-9,13H2,1-2H3,(H,14,17). The van der Waals surface area contributed by atoms with Gasteiger partial charge < -0.3 is 16.0 Å². The Morgan fingerprint density at radius 1 is 1.41 bits per heavy atom. The highest BCUT2D eigenvalue weighted by Gasteiger charge is 2.39. The van der Waals surface area contributed by atoms with Crippen molar-refractivity contribution >= 4 is 11.8 Å². The Morgan fingerprint density at radius 3 is 2.76 bits per heavy atom. The van der Waals surface area contributed by atoms with Gasteiger partial charge in [-0.15, -0.1) is 0 Å². The fraction of sp³-hybridized carbons (Fsp3) is 0.833. The summed E-state index contributed by atoms with van der Waals surface area (Å²) in [6, 6.07) is 0. The number of nitrogens with one attached hydrogen (secondary N) is 1. The third-order valence-electron chi connectivity index (χ3n) is 3.25. The van der Waals surface area contributed by atoms with Gasteiger partial charge in [-0.1, -0.05) is 6.42 Å². The summed E-state index contributed by atoms with van der Waals surface area (Å²) in [6.45, 7) is 5.41. The maximum atomic E-state index is 12.0. The molecule has 0 aromatic carbocycles. The Hall–Kier alpha value is -1.10. The van der Waals surface area contributed by atoms with Crippen molar-refractivity contribution in [1.29, 1.82) is 0 Å². The topological polar surface area (TPSA) is 75.4 Å². The number of hydrogen-bond donors (Lipinski definition) is 2. The Balaban J connectivity index is 2.47. The van der Waals surface area contributed by atoms with Crippen LogP contribution in [0.1, 0.15) is 39.5 Å². The highest BCUT2D eigenvalue weighted by molar-refractivity contribution is 5.91. The number of hydrogen-bond acceptors (Lipinski definition) is 3. The van der Waals surface area contributed by atoms with E-state index in [2.05, 4.69) is 5.32 Å². The Morgan fingerprint density at radius 2 is 2.12 bits per heavy atom. The first kappa shape index (κ1) is 14.0. The first-order valence-electron chi connectivity index (χ1n) is 6.29. The normalized spacial score (nSPS) is 19.0. The lowest BCUT2D eigenvalue weighted by Crippen LogP contribution is -2.63. The second-order valence-corrected chi connectivity index (χ2v) is 4.96. The number of rotatable bonds is 5. The van der Waals surface area contributed by atoms with Crippen molar-refractivity contribution in [3.8, 4) is 0 Å². The summed E-state index contributed by atoms with van der Waals surface area (Å²) in [5.41, 5.74) is 4.68. The molecule has 17 heavy (non-hydrogen) atoms. The molecule has 0 aromatic heterocycles. The molecule has 98 valence electrons. The van der Waals surface area contributed by atoms with Crippen LogP contribution in [-0.2, 0) is 9.59 Å². The fourth-order valence-electron chi connectivity index (χ4n) is 2.07. The van der Waals surface area contributed by atoms with Crippen LogP contribution in [0.2, 0.25) is 0 Å². The molecule has 2 amide bonds. The van der Waals surface area contributed by atoms with Crippen LogP contribution < -0.4 is 11.1 Å². The average Bonchev–Trinajstić information content (AvgIpc) is 2.28. The molecule has 1 heterocycles. The molecule has 0 aromatic rings. The predicted octanol–water partition coefficient (Wildman–Crippen LogP) is 0.243. The minimum Gasteiger partial charge on any atom is -0.352 e. The summed E-state index contributed by atoms with van der Waals surface area (Å²) in [6.07, 6.45) is 3.29. The second-order valence-electron chi connectivity index (χ2n) is 4.96. The van der Waals surface area contributed by atoms with Gasteiger partial charge >= 0.3 is 0 Å². The van der Waals surface area contributed by atoms with Gasteiger partial charge in [-0.2, -0.15) is 0 Å². The molecule has 1 saturated heterocycles. The fourth-order valence-corrected chi connectivity index (χ4v) is 2.07. The third-order valence-corrected chi connectivity index (χ3v) is 3.25. The Labute approximate surface area is 103 Å². The zero-order valence-corrected chi connectivity index (χ0v) is 10.8. The minimum atomic E-state index is -0.719. The SMILES string of the molecule is CC1(C)C(=O)NCCN1C(=O)CCCCCN. The molecule has 3 N–H and O–H groups in total. The summed E-state index contributed by atoms with van der Waals surface area (Å²) in [4.78, 5) is 25.4. The monoisotopic (exact) mass is 241 g/mol. The van der Waals surface area contributed by atoms with Crippen LogP contribution in [0.5, 0.6) is 0 Å². The molecule has 0 radical (unpaired) electrons. The van der Waals surface area contributed by atoms with E-state index in [1.807, 2.05) is 0 Å². The van der Waals surface area contributed by atoms with Crippen molar-refractivity contribution in [1.82, 2.24) is 10.2 Å². The van der Waals surface area contributed by atoms with Gasteiger partial charge in [0, 0.05) is 19.5 Å². The van der Waals surface area contributed by atoms with E-state index in [1.165, 1.54) is 0 Å². The molecule has 1 fully saturated rings. The van der Waals surface area contributed by atoms with E-state index in [4.69, 9.17) is 5.73 Å². The molecule has 0 saturated carbocycles. The van der Waals surface area contributed by atoms with Gasteiger partial charge in [-0.3, -0.25) is 9.59 Å². The highest BCUT2D eigenvalue weighted by atomic mass is 16.2. The van der Waals surface area contributed by atoms with Crippen LogP contribution in [0.25, 0.3) is 0 Å². The van der Waals surface area contributed by atoms with E-state index < -0.39 is 5.54 Å². The van der Waals surface area contributed by atoms with E-state index in [9.17, 15) is 9.59 Å². The maximum Gasteiger partial charge on any atom is 0.245 e. The van der Waals surface area contributed by atoms with Gasteiger partial charge in [0.15, 0.2) is 0 Å². The molecule has 1 aliphatic rings. The number of piperazine rings is 1.